The molecule has 1 saturated carbocycles. The maximum atomic E-state index is 8.52. The Hall–Kier alpha value is -0.160. The lowest BCUT2D eigenvalue weighted by molar-refractivity contribution is 0.438. The van der Waals surface area contributed by atoms with Gasteiger partial charge in [0, 0.05) is 11.2 Å². The predicted octanol–water partition coefficient (Wildman–Crippen LogP) is 2.00. The highest BCUT2D eigenvalue weighted by molar-refractivity contribution is 7.80. The van der Waals surface area contributed by atoms with Crippen molar-refractivity contribution < 1.29 is 0 Å². The predicted molar refractivity (Wildman–Crippen MR) is 40.3 cm³/mol. The van der Waals surface area contributed by atoms with Crippen LogP contribution in [0.25, 0.3) is 0 Å². The van der Waals surface area contributed by atoms with E-state index in [1.165, 1.54) is 12.8 Å². The summed E-state index contributed by atoms with van der Waals surface area (Å²) in [4.78, 5) is 0. The molecule has 0 amide bonds. The first-order chi connectivity index (χ1) is 4.33. The van der Waals surface area contributed by atoms with E-state index in [2.05, 4.69) is 18.7 Å². The third-order valence-corrected chi connectivity index (χ3v) is 2.30. The Morgan fingerprint density at radius 1 is 1.44 bits per heavy atom. The highest BCUT2D eigenvalue weighted by Crippen LogP contribution is 2.26. The van der Waals surface area contributed by atoms with Gasteiger partial charge in [-0.3, -0.25) is 0 Å². The van der Waals surface area contributed by atoms with Crippen molar-refractivity contribution in [3.05, 3.63) is 0 Å². The van der Waals surface area contributed by atoms with Gasteiger partial charge in [0.05, 0.1) is 6.07 Å². The molecule has 0 aliphatic heterocycles. The second-order valence-corrected chi connectivity index (χ2v) is 3.38. The van der Waals surface area contributed by atoms with Gasteiger partial charge in [0.25, 0.3) is 0 Å². The van der Waals surface area contributed by atoms with Gasteiger partial charge in [-0.1, -0.05) is 6.42 Å². The summed E-state index contributed by atoms with van der Waals surface area (Å²) >= 11 is 4.32. The highest BCUT2D eigenvalue weighted by atomic mass is 32.1. The Morgan fingerprint density at radius 2 is 2.22 bits per heavy atom. The van der Waals surface area contributed by atoms with Crippen molar-refractivity contribution in [3.63, 3.8) is 0 Å². The van der Waals surface area contributed by atoms with Crippen LogP contribution in [0.2, 0.25) is 0 Å². The fraction of sp³-hybridized carbons (Fsp3) is 0.857. The lowest BCUT2D eigenvalue weighted by atomic mass is 9.90. The molecule has 1 fully saturated rings. The molecule has 0 spiro atoms. The van der Waals surface area contributed by atoms with Crippen LogP contribution in [0.1, 0.15) is 25.7 Å². The van der Waals surface area contributed by atoms with Crippen LogP contribution >= 0.6 is 12.6 Å². The largest absolute Gasteiger partial charge is 0.198 e. The van der Waals surface area contributed by atoms with Crippen molar-refractivity contribution in [1.29, 1.82) is 5.26 Å². The van der Waals surface area contributed by atoms with Crippen LogP contribution in [-0.2, 0) is 0 Å². The zero-order valence-electron chi connectivity index (χ0n) is 5.38. The fourth-order valence-corrected chi connectivity index (χ4v) is 1.72. The molecule has 2 atom stereocenters. The number of hydrogen-bond donors (Lipinski definition) is 1. The van der Waals surface area contributed by atoms with Crippen molar-refractivity contribution in [1.82, 2.24) is 0 Å². The smallest absolute Gasteiger partial charge is 0.0656 e. The lowest BCUT2D eigenvalue weighted by Gasteiger charge is -2.20. The van der Waals surface area contributed by atoms with Gasteiger partial charge in [0.2, 0.25) is 0 Å². The molecular weight excluding hydrogens is 130 g/mol. The van der Waals surface area contributed by atoms with E-state index in [0.29, 0.717) is 11.2 Å². The van der Waals surface area contributed by atoms with Crippen LogP contribution < -0.4 is 0 Å². The van der Waals surface area contributed by atoms with Crippen molar-refractivity contribution in [3.8, 4) is 6.07 Å². The van der Waals surface area contributed by atoms with Crippen molar-refractivity contribution >= 4 is 12.6 Å². The molecule has 1 aliphatic rings. The van der Waals surface area contributed by atoms with E-state index >= 15 is 0 Å². The van der Waals surface area contributed by atoms with Gasteiger partial charge < -0.3 is 0 Å². The van der Waals surface area contributed by atoms with Gasteiger partial charge in [-0.25, -0.2) is 0 Å². The van der Waals surface area contributed by atoms with Gasteiger partial charge in [0.15, 0.2) is 0 Å². The summed E-state index contributed by atoms with van der Waals surface area (Å²) in [5.41, 5.74) is 0. The average molecular weight is 141 g/mol. The highest BCUT2D eigenvalue weighted by Gasteiger charge is 2.18. The molecule has 2 unspecified atom stereocenters. The van der Waals surface area contributed by atoms with Gasteiger partial charge in [-0.2, -0.15) is 17.9 Å². The molecule has 0 heterocycles. The van der Waals surface area contributed by atoms with E-state index in [4.69, 9.17) is 5.26 Å². The minimum atomic E-state index is 0.293. The van der Waals surface area contributed by atoms with Crippen molar-refractivity contribution in [2.75, 3.05) is 0 Å². The fourth-order valence-electron chi connectivity index (χ4n) is 1.28. The third-order valence-electron chi connectivity index (χ3n) is 1.83. The Kier molecular flexibility index (Phi) is 2.41. The number of thiol groups is 1. The number of hydrogen-bond acceptors (Lipinski definition) is 2. The Labute approximate surface area is 61.5 Å². The van der Waals surface area contributed by atoms with Crippen molar-refractivity contribution in [2.45, 2.75) is 30.9 Å². The van der Waals surface area contributed by atoms with E-state index < -0.39 is 0 Å². The quantitative estimate of drug-likeness (QED) is 0.512. The van der Waals surface area contributed by atoms with Gasteiger partial charge in [-0.15, -0.1) is 0 Å². The summed E-state index contributed by atoms with van der Waals surface area (Å²) in [7, 11) is 0. The Bertz CT molecular complexity index is 127. The zero-order chi connectivity index (χ0) is 6.69. The summed E-state index contributed by atoms with van der Waals surface area (Å²) in [6, 6.07) is 2.29. The summed E-state index contributed by atoms with van der Waals surface area (Å²) < 4.78 is 0. The third kappa shape index (κ3) is 1.91. The second kappa shape index (κ2) is 3.12. The standard InChI is InChI=1S/C7H11NS/c8-5-6-2-1-3-7(9)4-6/h6-7,9H,1-4H2. The summed E-state index contributed by atoms with van der Waals surface area (Å²) in [5, 5.41) is 9.01. The average Bonchev–Trinajstić information content (AvgIpc) is 1.88. The van der Waals surface area contributed by atoms with Crippen LogP contribution in [-0.4, -0.2) is 5.25 Å². The van der Waals surface area contributed by atoms with Crippen molar-refractivity contribution in [2.24, 2.45) is 5.92 Å². The Balaban J connectivity index is 2.34. The normalized spacial score (nSPS) is 35.6. The minimum absolute atomic E-state index is 0.293. The maximum absolute atomic E-state index is 8.52. The molecule has 50 valence electrons. The summed E-state index contributed by atoms with van der Waals surface area (Å²) in [5.74, 6) is 0.293. The molecule has 0 aromatic carbocycles. The first-order valence-corrected chi connectivity index (χ1v) is 3.92. The van der Waals surface area contributed by atoms with Gasteiger partial charge in [-0.05, 0) is 19.3 Å². The number of rotatable bonds is 0. The molecule has 2 heteroatoms. The van der Waals surface area contributed by atoms with Gasteiger partial charge >= 0.3 is 0 Å². The first-order valence-electron chi connectivity index (χ1n) is 3.40. The molecular formula is C7H11NS. The van der Waals surface area contributed by atoms with E-state index in [1.54, 1.807) is 0 Å². The SMILES string of the molecule is N#CC1CCCC(S)C1. The molecule has 0 saturated heterocycles. The minimum Gasteiger partial charge on any atom is -0.198 e. The van der Waals surface area contributed by atoms with Gasteiger partial charge in [0.1, 0.15) is 0 Å². The van der Waals surface area contributed by atoms with E-state index in [9.17, 15) is 0 Å². The van der Waals surface area contributed by atoms with Crippen LogP contribution in [0, 0.1) is 17.2 Å². The molecule has 0 bridgehead atoms. The maximum Gasteiger partial charge on any atom is 0.0656 e. The van der Waals surface area contributed by atoms with Crippen LogP contribution in [0.5, 0.6) is 0 Å². The Morgan fingerprint density at radius 3 is 2.67 bits per heavy atom. The molecule has 0 radical (unpaired) electrons. The lowest BCUT2D eigenvalue weighted by Crippen LogP contribution is -2.13. The van der Waals surface area contributed by atoms with Crippen LogP contribution in [0.15, 0.2) is 0 Å². The second-order valence-electron chi connectivity index (χ2n) is 2.65. The molecule has 1 nitrogen and oxygen atoms in total. The zero-order valence-corrected chi connectivity index (χ0v) is 6.27. The number of nitriles is 1. The van der Waals surface area contributed by atoms with Crippen LogP contribution in [0.3, 0.4) is 0 Å². The molecule has 0 N–H and O–H groups in total. The first kappa shape index (κ1) is 6.95. The summed E-state index contributed by atoms with van der Waals surface area (Å²) in [6.45, 7) is 0. The molecule has 1 rings (SSSR count). The molecule has 0 aromatic heterocycles. The van der Waals surface area contributed by atoms with Crippen LogP contribution in [0.4, 0.5) is 0 Å². The van der Waals surface area contributed by atoms with E-state index in [1.807, 2.05) is 0 Å². The van der Waals surface area contributed by atoms with E-state index in [-0.39, 0.29) is 0 Å². The monoisotopic (exact) mass is 141 g/mol. The molecule has 9 heavy (non-hydrogen) atoms. The number of nitrogens with zero attached hydrogens (tertiary/aromatic N) is 1. The molecule has 0 aromatic rings. The van der Waals surface area contributed by atoms with E-state index in [0.717, 1.165) is 12.8 Å². The topological polar surface area (TPSA) is 23.8 Å². The molecule has 1 aliphatic carbocycles. The summed E-state index contributed by atoms with van der Waals surface area (Å²) in [6.07, 6.45) is 4.47.